The number of aliphatic hydroxyl groups is 1. The Morgan fingerprint density at radius 3 is 2.56 bits per heavy atom. The van der Waals surface area contributed by atoms with Gasteiger partial charge in [0.15, 0.2) is 0 Å². The van der Waals surface area contributed by atoms with Crippen LogP contribution >= 0.6 is 0 Å². The molecule has 1 unspecified atom stereocenters. The van der Waals surface area contributed by atoms with E-state index in [-0.39, 0.29) is 17.9 Å². The Balaban J connectivity index is 1.80. The Morgan fingerprint density at radius 2 is 1.88 bits per heavy atom. The van der Waals surface area contributed by atoms with E-state index in [0.717, 1.165) is 0 Å². The molecule has 1 fully saturated rings. The second kappa shape index (κ2) is 10.1. The Bertz CT molecular complexity index is 1210. The Hall–Kier alpha value is -4.26. The third kappa shape index (κ3) is 4.59. The van der Waals surface area contributed by atoms with Gasteiger partial charge in [-0.2, -0.15) is 0 Å². The van der Waals surface area contributed by atoms with Gasteiger partial charge < -0.3 is 23.9 Å². The molecule has 0 saturated carbocycles. The van der Waals surface area contributed by atoms with E-state index in [1.807, 2.05) is 6.92 Å². The number of carbonyl (C=O) groups excluding carboxylic acids is 2. The monoisotopic (exact) mass is 459 g/mol. The summed E-state index contributed by atoms with van der Waals surface area (Å²) in [6.07, 6.45) is 3.15. The van der Waals surface area contributed by atoms with Crippen molar-refractivity contribution in [3.63, 3.8) is 0 Å². The van der Waals surface area contributed by atoms with Crippen molar-refractivity contribution in [3.8, 4) is 11.5 Å². The number of hydrogen-bond acceptors (Lipinski definition) is 6. The van der Waals surface area contributed by atoms with Crippen molar-refractivity contribution in [1.29, 1.82) is 0 Å². The molecule has 1 amide bonds. The molecule has 3 aromatic rings. The number of benzene rings is 2. The van der Waals surface area contributed by atoms with E-state index >= 15 is 0 Å². The summed E-state index contributed by atoms with van der Waals surface area (Å²) in [4.78, 5) is 27.6. The van der Waals surface area contributed by atoms with Crippen LogP contribution in [0, 0.1) is 0 Å². The average molecular weight is 459 g/mol. The fourth-order valence-corrected chi connectivity index (χ4v) is 3.92. The smallest absolute Gasteiger partial charge is 0.296 e. The molecule has 1 saturated heterocycles. The van der Waals surface area contributed by atoms with Gasteiger partial charge in [0.2, 0.25) is 0 Å². The van der Waals surface area contributed by atoms with Crippen molar-refractivity contribution in [2.75, 3.05) is 13.2 Å². The lowest BCUT2D eigenvalue weighted by Gasteiger charge is -2.24. The molecule has 0 bridgehead atoms. The van der Waals surface area contributed by atoms with E-state index in [1.54, 1.807) is 66.7 Å². The highest BCUT2D eigenvalue weighted by Gasteiger charge is 2.46. The number of carbonyl (C=O) groups is 2. The maximum atomic E-state index is 13.2. The second-order valence-electron chi connectivity index (χ2n) is 7.64. The molecular weight excluding hydrogens is 434 g/mol. The first-order valence-electron chi connectivity index (χ1n) is 10.9. The SMILES string of the molecule is C=CCOc1ccc(C2C(=C(O)c3cccc(OCC)c3)C(=O)C(=O)N2Cc2ccco2)cc1. The van der Waals surface area contributed by atoms with Crippen LogP contribution in [-0.2, 0) is 16.1 Å². The summed E-state index contributed by atoms with van der Waals surface area (Å²) in [7, 11) is 0. The number of amides is 1. The number of hydrogen-bond donors (Lipinski definition) is 1. The van der Waals surface area contributed by atoms with Crippen molar-refractivity contribution < 1.29 is 28.6 Å². The molecule has 1 aliphatic rings. The molecule has 7 heteroatoms. The normalized spacial score (nSPS) is 17.1. The lowest BCUT2D eigenvalue weighted by Crippen LogP contribution is -2.29. The summed E-state index contributed by atoms with van der Waals surface area (Å²) >= 11 is 0. The van der Waals surface area contributed by atoms with Gasteiger partial charge in [-0.15, -0.1) is 0 Å². The van der Waals surface area contributed by atoms with Crippen LogP contribution < -0.4 is 9.47 Å². The highest BCUT2D eigenvalue weighted by Crippen LogP contribution is 2.41. The summed E-state index contributed by atoms with van der Waals surface area (Å²) in [6.45, 7) is 6.38. The molecule has 34 heavy (non-hydrogen) atoms. The summed E-state index contributed by atoms with van der Waals surface area (Å²) in [5, 5.41) is 11.2. The Morgan fingerprint density at radius 1 is 1.09 bits per heavy atom. The van der Waals surface area contributed by atoms with Crippen LogP contribution in [0.4, 0.5) is 0 Å². The van der Waals surface area contributed by atoms with Gasteiger partial charge in [-0.05, 0) is 48.9 Å². The van der Waals surface area contributed by atoms with Gasteiger partial charge >= 0.3 is 0 Å². The fraction of sp³-hybridized carbons (Fsp3) is 0.185. The van der Waals surface area contributed by atoms with Gasteiger partial charge in [-0.3, -0.25) is 9.59 Å². The van der Waals surface area contributed by atoms with Gasteiger partial charge in [-0.1, -0.05) is 36.9 Å². The number of nitrogens with zero attached hydrogens (tertiary/aromatic N) is 1. The number of ketones is 1. The third-order valence-corrected chi connectivity index (χ3v) is 5.43. The molecule has 0 radical (unpaired) electrons. The van der Waals surface area contributed by atoms with Crippen molar-refractivity contribution in [2.45, 2.75) is 19.5 Å². The summed E-state index contributed by atoms with van der Waals surface area (Å²) in [6, 6.07) is 16.5. The largest absolute Gasteiger partial charge is 0.507 e. The van der Waals surface area contributed by atoms with Crippen LogP contribution in [0.5, 0.6) is 11.5 Å². The summed E-state index contributed by atoms with van der Waals surface area (Å²) in [5.74, 6) is -0.0403. The summed E-state index contributed by atoms with van der Waals surface area (Å²) in [5.41, 5.74) is 1.04. The molecule has 7 nitrogen and oxygen atoms in total. The first kappa shape index (κ1) is 22.9. The van der Waals surface area contributed by atoms with E-state index in [9.17, 15) is 14.7 Å². The maximum absolute atomic E-state index is 13.2. The standard InChI is InChI=1S/C27H25NO6/c1-3-14-33-20-12-10-18(11-13-20)24-23(25(29)19-7-5-8-21(16-19)32-4-2)26(30)27(31)28(24)17-22-9-6-15-34-22/h3,5-13,15-16,24,29H,1,4,14,17H2,2H3. The molecule has 1 aromatic heterocycles. The maximum Gasteiger partial charge on any atom is 0.296 e. The second-order valence-corrected chi connectivity index (χ2v) is 7.64. The number of rotatable bonds is 9. The van der Waals surface area contributed by atoms with Crippen LogP contribution in [-0.4, -0.2) is 34.9 Å². The van der Waals surface area contributed by atoms with Crippen molar-refractivity contribution in [2.24, 2.45) is 0 Å². The minimum Gasteiger partial charge on any atom is -0.507 e. The van der Waals surface area contributed by atoms with E-state index in [2.05, 4.69) is 6.58 Å². The lowest BCUT2D eigenvalue weighted by molar-refractivity contribution is -0.140. The fourth-order valence-electron chi connectivity index (χ4n) is 3.92. The molecule has 4 rings (SSSR count). The molecule has 1 N–H and O–H groups in total. The number of ether oxygens (including phenoxy) is 2. The zero-order chi connectivity index (χ0) is 24.1. The molecular formula is C27H25NO6. The average Bonchev–Trinajstić information content (AvgIpc) is 3.45. The minimum atomic E-state index is -0.811. The predicted molar refractivity (Wildman–Crippen MR) is 126 cm³/mol. The molecule has 2 aromatic carbocycles. The lowest BCUT2D eigenvalue weighted by atomic mass is 9.95. The molecule has 2 heterocycles. The highest BCUT2D eigenvalue weighted by molar-refractivity contribution is 6.46. The Labute approximate surface area is 197 Å². The molecule has 174 valence electrons. The van der Waals surface area contributed by atoms with E-state index in [4.69, 9.17) is 13.9 Å². The number of likely N-dealkylation sites (tertiary alicyclic amines) is 1. The first-order valence-corrected chi connectivity index (χ1v) is 10.9. The molecule has 1 atom stereocenters. The molecule has 0 aliphatic carbocycles. The molecule has 0 spiro atoms. The van der Waals surface area contributed by atoms with Crippen LogP contribution in [0.25, 0.3) is 5.76 Å². The third-order valence-electron chi connectivity index (χ3n) is 5.43. The number of Topliss-reactive ketones (excluding diaryl/α,β-unsaturated/α-hetero) is 1. The Kier molecular flexibility index (Phi) is 6.82. The number of aliphatic hydroxyl groups excluding tert-OH is 1. The first-order chi connectivity index (χ1) is 16.5. The highest BCUT2D eigenvalue weighted by atomic mass is 16.5. The summed E-state index contributed by atoms with van der Waals surface area (Å²) < 4.78 is 16.5. The topological polar surface area (TPSA) is 89.2 Å². The van der Waals surface area contributed by atoms with Gasteiger partial charge in [0, 0.05) is 5.56 Å². The van der Waals surface area contributed by atoms with Crippen molar-refractivity contribution in [3.05, 3.63) is 102 Å². The number of furan rings is 1. The van der Waals surface area contributed by atoms with Crippen molar-refractivity contribution in [1.82, 2.24) is 4.90 Å². The van der Waals surface area contributed by atoms with Gasteiger partial charge in [-0.25, -0.2) is 0 Å². The molecule has 1 aliphatic heterocycles. The zero-order valence-electron chi connectivity index (χ0n) is 18.8. The van der Waals surface area contributed by atoms with E-state index < -0.39 is 17.7 Å². The predicted octanol–water partition coefficient (Wildman–Crippen LogP) is 4.87. The van der Waals surface area contributed by atoms with Crippen LogP contribution in [0.2, 0.25) is 0 Å². The zero-order valence-corrected chi connectivity index (χ0v) is 18.8. The van der Waals surface area contributed by atoms with Crippen LogP contribution in [0.3, 0.4) is 0 Å². The van der Waals surface area contributed by atoms with Crippen molar-refractivity contribution >= 4 is 17.4 Å². The quantitative estimate of drug-likeness (QED) is 0.213. The van der Waals surface area contributed by atoms with E-state index in [0.29, 0.717) is 41.6 Å². The van der Waals surface area contributed by atoms with Gasteiger partial charge in [0.1, 0.15) is 29.6 Å². The minimum absolute atomic E-state index is 0.00460. The van der Waals surface area contributed by atoms with Gasteiger partial charge in [0.25, 0.3) is 11.7 Å². The van der Waals surface area contributed by atoms with Crippen LogP contribution in [0.15, 0.2) is 89.6 Å². The van der Waals surface area contributed by atoms with Crippen LogP contribution in [0.1, 0.15) is 29.9 Å². The van der Waals surface area contributed by atoms with Gasteiger partial charge in [0.05, 0.1) is 31.0 Å². The van der Waals surface area contributed by atoms with E-state index in [1.165, 1.54) is 11.2 Å².